The topological polar surface area (TPSA) is 43.8 Å². The summed E-state index contributed by atoms with van der Waals surface area (Å²) in [7, 11) is 0. The number of para-hydroxylation sites is 1. The van der Waals surface area contributed by atoms with E-state index in [1.54, 1.807) is 0 Å². The van der Waals surface area contributed by atoms with Crippen LogP contribution in [0.25, 0.3) is 16.7 Å². The number of imidazole rings is 1. The van der Waals surface area contributed by atoms with Crippen molar-refractivity contribution >= 4 is 32.7 Å². The molecule has 0 spiro atoms. The Morgan fingerprint density at radius 2 is 1.90 bits per heavy atom. The third kappa shape index (κ3) is 2.10. The first-order valence-corrected chi connectivity index (χ1v) is 7.40. The van der Waals surface area contributed by atoms with E-state index in [-0.39, 0.29) is 0 Å². The van der Waals surface area contributed by atoms with Gasteiger partial charge in [0.15, 0.2) is 0 Å². The molecular formula is C16H16BrN3. The maximum atomic E-state index is 5.87. The monoisotopic (exact) mass is 329 g/mol. The van der Waals surface area contributed by atoms with Crippen LogP contribution in [0.2, 0.25) is 0 Å². The lowest BCUT2D eigenvalue weighted by molar-refractivity contribution is 0.759. The Balaban J connectivity index is 2.38. The van der Waals surface area contributed by atoms with E-state index in [2.05, 4.69) is 40.4 Å². The van der Waals surface area contributed by atoms with Crippen LogP contribution in [0, 0.1) is 0 Å². The Bertz CT molecular complexity index is 774. The standard InChI is InChI=1S/C16H16BrN3/c1-10(2)16-19-13-9-11(18)7-8-15(13)20(16)14-6-4-3-5-12(14)17/h3-10H,18H2,1-2H3. The van der Waals surface area contributed by atoms with Gasteiger partial charge >= 0.3 is 0 Å². The molecule has 0 unspecified atom stereocenters. The van der Waals surface area contributed by atoms with E-state index in [1.807, 2.05) is 36.4 Å². The van der Waals surface area contributed by atoms with Gasteiger partial charge in [-0.15, -0.1) is 0 Å². The maximum absolute atomic E-state index is 5.87. The van der Waals surface area contributed by atoms with Crippen LogP contribution in [0.5, 0.6) is 0 Å². The quantitative estimate of drug-likeness (QED) is 0.704. The number of nitrogens with two attached hydrogens (primary N) is 1. The normalized spacial score (nSPS) is 11.4. The fourth-order valence-corrected chi connectivity index (χ4v) is 2.85. The number of halogens is 1. The molecule has 0 saturated carbocycles. The first-order chi connectivity index (χ1) is 9.58. The molecule has 0 bridgehead atoms. The van der Waals surface area contributed by atoms with Gasteiger partial charge in [0.2, 0.25) is 0 Å². The van der Waals surface area contributed by atoms with E-state index in [0.29, 0.717) is 5.92 Å². The second-order valence-electron chi connectivity index (χ2n) is 5.16. The maximum Gasteiger partial charge on any atom is 0.117 e. The van der Waals surface area contributed by atoms with E-state index in [9.17, 15) is 0 Å². The number of aromatic nitrogens is 2. The molecular weight excluding hydrogens is 314 g/mol. The molecule has 0 aliphatic rings. The molecule has 2 aromatic carbocycles. The number of rotatable bonds is 2. The molecule has 3 nitrogen and oxygen atoms in total. The van der Waals surface area contributed by atoms with E-state index in [4.69, 9.17) is 10.7 Å². The molecule has 102 valence electrons. The van der Waals surface area contributed by atoms with Gasteiger partial charge in [0.1, 0.15) is 5.82 Å². The number of hydrogen-bond donors (Lipinski definition) is 1. The van der Waals surface area contributed by atoms with Gasteiger partial charge in [-0.1, -0.05) is 26.0 Å². The fourth-order valence-electron chi connectivity index (χ4n) is 2.39. The van der Waals surface area contributed by atoms with Gasteiger partial charge in [0, 0.05) is 16.1 Å². The van der Waals surface area contributed by atoms with Crippen LogP contribution in [0.15, 0.2) is 46.9 Å². The third-order valence-electron chi connectivity index (χ3n) is 3.31. The Hall–Kier alpha value is -1.81. The van der Waals surface area contributed by atoms with Gasteiger partial charge in [-0.25, -0.2) is 4.98 Å². The average Bonchev–Trinajstić information content (AvgIpc) is 2.78. The fraction of sp³-hybridized carbons (Fsp3) is 0.188. The lowest BCUT2D eigenvalue weighted by Crippen LogP contribution is -2.03. The first kappa shape index (κ1) is 13.2. The summed E-state index contributed by atoms with van der Waals surface area (Å²) in [6, 6.07) is 14.1. The van der Waals surface area contributed by atoms with Gasteiger partial charge in [0.25, 0.3) is 0 Å². The number of hydrogen-bond acceptors (Lipinski definition) is 2. The third-order valence-corrected chi connectivity index (χ3v) is 3.98. The Labute approximate surface area is 126 Å². The highest BCUT2D eigenvalue weighted by atomic mass is 79.9. The Morgan fingerprint density at radius 1 is 1.15 bits per heavy atom. The van der Waals surface area contributed by atoms with Crippen LogP contribution in [0.1, 0.15) is 25.6 Å². The summed E-state index contributed by atoms with van der Waals surface area (Å²) in [6.45, 7) is 4.30. The van der Waals surface area contributed by atoms with Gasteiger partial charge in [-0.2, -0.15) is 0 Å². The highest BCUT2D eigenvalue weighted by Gasteiger charge is 2.16. The van der Waals surface area contributed by atoms with Crippen molar-refractivity contribution in [2.24, 2.45) is 0 Å². The van der Waals surface area contributed by atoms with Crippen molar-refractivity contribution in [1.29, 1.82) is 0 Å². The highest BCUT2D eigenvalue weighted by Crippen LogP contribution is 2.30. The summed E-state index contributed by atoms with van der Waals surface area (Å²) in [5, 5.41) is 0. The molecule has 0 saturated heterocycles. The number of nitrogen functional groups attached to an aromatic ring is 1. The first-order valence-electron chi connectivity index (χ1n) is 6.60. The number of fused-ring (bicyclic) bond motifs is 1. The molecule has 2 N–H and O–H groups in total. The number of nitrogens with zero attached hydrogens (tertiary/aromatic N) is 2. The van der Waals surface area contributed by atoms with Crippen molar-refractivity contribution in [3.05, 3.63) is 52.8 Å². The summed E-state index contributed by atoms with van der Waals surface area (Å²) < 4.78 is 3.25. The molecule has 0 aliphatic heterocycles. The van der Waals surface area contributed by atoms with Crippen molar-refractivity contribution in [3.63, 3.8) is 0 Å². The van der Waals surface area contributed by atoms with Crippen LogP contribution < -0.4 is 5.73 Å². The lowest BCUT2D eigenvalue weighted by Gasteiger charge is -2.13. The van der Waals surface area contributed by atoms with Crippen molar-refractivity contribution in [1.82, 2.24) is 9.55 Å². The summed E-state index contributed by atoms with van der Waals surface area (Å²) in [6.07, 6.45) is 0. The van der Waals surface area contributed by atoms with Gasteiger partial charge in [-0.05, 0) is 46.3 Å². The molecule has 0 atom stereocenters. The predicted octanol–water partition coefficient (Wildman–Crippen LogP) is 4.49. The second kappa shape index (κ2) is 4.94. The van der Waals surface area contributed by atoms with Crippen LogP contribution in [0.3, 0.4) is 0 Å². The van der Waals surface area contributed by atoms with Crippen LogP contribution >= 0.6 is 15.9 Å². The summed E-state index contributed by atoms with van der Waals surface area (Å²) in [5.41, 5.74) is 9.72. The molecule has 3 rings (SSSR count). The molecule has 0 radical (unpaired) electrons. The molecule has 20 heavy (non-hydrogen) atoms. The van der Waals surface area contributed by atoms with E-state index in [1.165, 1.54) is 0 Å². The molecule has 0 aliphatic carbocycles. The molecule has 3 aromatic rings. The average molecular weight is 330 g/mol. The van der Waals surface area contributed by atoms with Crippen LogP contribution in [-0.2, 0) is 0 Å². The Kier molecular flexibility index (Phi) is 3.26. The second-order valence-corrected chi connectivity index (χ2v) is 6.01. The molecule has 0 amide bonds. The molecule has 1 heterocycles. The van der Waals surface area contributed by atoms with Gasteiger partial charge in [-0.3, -0.25) is 4.57 Å². The minimum atomic E-state index is 0.329. The van der Waals surface area contributed by atoms with Gasteiger partial charge < -0.3 is 5.73 Å². The molecule has 4 heteroatoms. The predicted molar refractivity (Wildman–Crippen MR) is 87.3 cm³/mol. The molecule has 0 fully saturated rings. The van der Waals surface area contributed by atoms with Crippen LogP contribution in [-0.4, -0.2) is 9.55 Å². The van der Waals surface area contributed by atoms with Crippen LogP contribution in [0.4, 0.5) is 5.69 Å². The zero-order chi connectivity index (χ0) is 14.3. The zero-order valence-corrected chi connectivity index (χ0v) is 13.1. The summed E-state index contributed by atoms with van der Waals surface area (Å²) in [4.78, 5) is 4.75. The van der Waals surface area contributed by atoms with Crippen molar-refractivity contribution in [2.75, 3.05) is 5.73 Å². The van der Waals surface area contributed by atoms with Crippen molar-refractivity contribution in [3.8, 4) is 5.69 Å². The lowest BCUT2D eigenvalue weighted by atomic mass is 10.2. The number of benzene rings is 2. The summed E-state index contributed by atoms with van der Waals surface area (Å²) in [5.74, 6) is 1.37. The van der Waals surface area contributed by atoms with E-state index in [0.717, 1.165) is 32.7 Å². The Morgan fingerprint density at radius 3 is 2.60 bits per heavy atom. The highest BCUT2D eigenvalue weighted by molar-refractivity contribution is 9.10. The largest absolute Gasteiger partial charge is 0.399 e. The zero-order valence-electron chi connectivity index (χ0n) is 11.5. The smallest absolute Gasteiger partial charge is 0.117 e. The van der Waals surface area contributed by atoms with E-state index >= 15 is 0 Å². The SMILES string of the molecule is CC(C)c1nc2cc(N)ccc2n1-c1ccccc1Br. The summed E-state index contributed by atoms with van der Waals surface area (Å²) >= 11 is 3.63. The minimum Gasteiger partial charge on any atom is -0.399 e. The van der Waals surface area contributed by atoms with Crippen molar-refractivity contribution in [2.45, 2.75) is 19.8 Å². The molecule has 1 aromatic heterocycles. The number of anilines is 1. The van der Waals surface area contributed by atoms with E-state index < -0.39 is 0 Å². The minimum absolute atomic E-state index is 0.329. The van der Waals surface area contributed by atoms with Crippen molar-refractivity contribution < 1.29 is 0 Å². The van der Waals surface area contributed by atoms with Gasteiger partial charge in [0.05, 0.1) is 16.7 Å².